The Morgan fingerprint density at radius 2 is 1.82 bits per heavy atom. The Labute approximate surface area is 108 Å². The van der Waals surface area contributed by atoms with Crippen molar-refractivity contribution in [2.24, 2.45) is 0 Å². The van der Waals surface area contributed by atoms with Crippen LogP contribution in [-0.2, 0) is 6.42 Å². The molecular weight excluding hydrogens is 234 g/mol. The molecule has 1 fully saturated rings. The van der Waals surface area contributed by atoms with Crippen LogP contribution in [0.3, 0.4) is 0 Å². The van der Waals surface area contributed by atoms with Gasteiger partial charge in [0.05, 0.1) is 5.69 Å². The molecule has 17 heavy (non-hydrogen) atoms. The number of hydrogen-bond donors (Lipinski definition) is 0. The van der Waals surface area contributed by atoms with Crippen molar-refractivity contribution < 1.29 is 0 Å². The number of rotatable bonds is 1. The molecule has 0 spiro atoms. The molecule has 0 unspecified atom stereocenters. The first-order valence-electron chi connectivity index (χ1n) is 6.24. The molecule has 2 aliphatic heterocycles. The Morgan fingerprint density at radius 1 is 1.06 bits per heavy atom. The minimum Gasteiger partial charge on any atom is -0.369 e. The molecule has 1 aromatic rings. The molecule has 0 atom stereocenters. The highest BCUT2D eigenvalue weighted by molar-refractivity contribution is 6.26. The topological polar surface area (TPSA) is 9.72 Å². The molecule has 0 aromatic heterocycles. The van der Waals surface area contributed by atoms with Gasteiger partial charge in [-0.3, -0.25) is 4.42 Å². The second-order valence-corrected chi connectivity index (χ2v) is 5.35. The van der Waals surface area contributed by atoms with Crippen LogP contribution in [0.4, 0.5) is 11.4 Å². The monoisotopic (exact) mass is 251 g/mol. The molecule has 1 aromatic carbocycles. The van der Waals surface area contributed by atoms with Gasteiger partial charge in [0.15, 0.2) is 0 Å². The van der Waals surface area contributed by atoms with Crippen molar-refractivity contribution in [1.82, 2.24) is 4.90 Å². The lowest BCUT2D eigenvalue weighted by molar-refractivity contribution is 0.313. The van der Waals surface area contributed by atoms with Crippen molar-refractivity contribution in [2.45, 2.75) is 6.42 Å². The predicted octanol–water partition coefficient (Wildman–Crippen LogP) is 1.95. The molecule has 0 bridgehead atoms. The zero-order valence-electron chi connectivity index (χ0n) is 10.2. The van der Waals surface area contributed by atoms with Gasteiger partial charge in [0.25, 0.3) is 0 Å². The lowest BCUT2D eigenvalue weighted by Gasteiger charge is -2.34. The van der Waals surface area contributed by atoms with E-state index in [1.165, 1.54) is 16.9 Å². The average Bonchev–Trinajstić information content (AvgIpc) is 2.72. The van der Waals surface area contributed by atoms with Gasteiger partial charge in [0.1, 0.15) is 0 Å². The van der Waals surface area contributed by atoms with Crippen molar-refractivity contribution in [3.8, 4) is 0 Å². The Kier molecular flexibility index (Phi) is 2.89. The van der Waals surface area contributed by atoms with E-state index in [4.69, 9.17) is 11.8 Å². The third kappa shape index (κ3) is 2.09. The summed E-state index contributed by atoms with van der Waals surface area (Å²) in [5.41, 5.74) is 3.88. The Bertz CT molecular complexity index is 413. The number of anilines is 2. The van der Waals surface area contributed by atoms with E-state index in [-0.39, 0.29) is 0 Å². The van der Waals surface area contributed by atoms with E-state index in [9.17, 15) is 0 Å². The third-order valence-corrected chi connectivity index (χ3v) is 4.13. The van der Waals surface area contributed by atoms with Crippen LogP contribution in [-0.4, -0.2) is 44.7 Å². The van der Waals surface area contributed by atoms with E-state index in [1.54, 1.807) is 0 Å². The number of fused-ring (bicyclic) bond motifs is 1. The zero-order chi connectivity index (χ0) is 11.8. The molecule has 0 aliphatic carbocycles. The highest BCUT2D eigenvalue weighted by atomic mass is 35.5. The molecule has 92 valence electrons. The fourth-order valence-electron chi connectivity index (χ4n) is 2.59. The largest absolute Gasteiger partial charge is 0.369 e. The molecular formula is C13H18ClN3. The summed E-state index contributed by atoms with van der Waals surface area (Å²) in [5, 5.41) is 0. The number of halogens is 1. The van der Waals surface area contributed by atoms with E-state index in [0.29, 0.717) is 0 Å². The third-order valence-electron chi connectivity index (χ3n) is 3.78. The van der Waals surface area contributed by atoms with Crippen molar-refractivity contribution in [1.29, 1.82) is 0 Å². The van der Waals surface area contributed by atoms with Crippen LogP contribution in [0.5, 0.6) is 0 Å². The number of piperazine rings is 1. The second kappa shape index (κ2) is 4.39. The lowest BCUT2D eigenvalue weighted by Crippen LogP contribution is -2.44. The lowest BCUT2D eigenvalue weighted by atomic mass is 10.1. The highest BCUT2D eigenvalue weighted by Crippen LogP contribution is 2.33. The van der Waals surface area contributed by atoms with E-state index in [2.05, 4.69) is 35.0 Å². The number of likely N-dealkylation sites (N-methyl/N-ethyl adjacent to an activating group) is 1. The van der Waals surface area contributed by atoms with Gasteiger partial charge in [0, 0.05) is 50.2 Å². The maximum atomic E-state index is 6.18. The summed E-state index contributed by atoms with van der Waals surface area (Å²) in [5.74, 6) is 0. The van der Waals surface area contributed by atoms with Crippen molar-refractivity contribution in [2.75, 3.05) is 49.1 Å². The Morgan fingerprint density at radius 3 is 2.59 bits per heavy atom. The predicted molar refractivity (Wildman–Crippen MR) is 73.1 cm³/mol. The molecule has 0 radical (unpaired) electrons. The molecule has 0 amide bonds. The van der Waals surface area contributed by atoms with E-state index >= 15 is 0 Å². The molecule has 0 saturated carbocycles. The molecule has 1 saturated heterocycles. The summed E-state index contributed by atoms with van der Waals surface area (Å²) in [6.45, 7) is 5.43. The van der Waals surface area contributed by atoms with Gasteiger partial charge >= 0.3 is 0 Å². The van der Waals surface area contributed by atoms with Gasteiger partial charge in [-0.2, -0.15) is 0 Å². The van der Waals surface area contributed by atoms with Crippen LogP contribution in [0.25, 0.3) is 0 Å². The molecule has 2 heterocycles. The smallest absolute Gasteiger partial charge is 0.0576 e. The van der Waals surface area contributed by atoms with Crippen molar-refractivity contribution in [3.63, 3.8) is 0 Å². The molecule has 3 nitrogen and oxygen atoms in total. The maximum absolute atomic E-state index is 6.18. The average molecular weight is 252 g/mol. The van der Waals surface area contributed by atoms with Crippen LogP contribution in [0.1, 0.15) is 5.56 Å². The minimum atomic E-state index is 0.934. The van der Waals surface area contributed by atoms with E-state index in [0.717, 1.165) is 39.1 Å². The van der Waals surface area contributed by atoms with Gasteiger partial charge < -0.3 is 9.80 Å². The fourth-order valence-corrected chi connectivity index (χ4v) is 2.83. The first-order chi connectivity index (χ1) is 8.24. The van der Waals surface area contributed by atoms with Gasteiger partial charge in [-0.15, -0.1) is 0 Å². The van der Waals surface area contributed by atoms with Crippen LogP contribution in [0, 0.1) is 0 Å². The summed E-state index contributed by atoms with van der Waals surface area (Å²) in [4.78, 5) is 4.82. The summed E-state index contributed by atoms with van der Waals surface area (Å²) in [7, 11) is 2.18. The second-order valence-electron chi connectivity index (χ2n) is 4.94. The fraction of sp³-hybridized carbons (Fsp3) is 0.538. The maximum Gasteiger partial charge on any atom is 0.0576 e. The Hall–Kier alpha value is -0.930. The van der Waals surface area contributed by atoms with Crippen LogP contribution >= 0.6 is 11.8 Å². The van der Waals surface area contributed by atoms with Gasteiger partial charge in [-0.1, -0.05) is 6.07 Å². The number of nitrogens with zero attached hydrogens (tertiary/aromatic N) is 3. The molecule has 0 N–H and O–H groups in total. The van der Waals surface area contributed by atoms with E-state index < -0.39 is 0 Å². The molecule has 3 rings (SSSR count). The summed E-state index contributed by atoms with van der Waals surface area (Å²) < 4.78 is 1.84. The Balaban J connectivity index is 1.82. The summed E-state index contributed by atoms with van der Waals surface area (Å²) in [6, 6.07) is 6.70. The van der Waals surface area contributed by atoms with E-state index in [1.807, 2.05) is 4.42 Å². The summed E-state index contributed by atoms with van der Waals surface area (Å²) >= 11 is 6.18. The van der Waals surface area contributed by atoms with Gasteiger partial charge in [0.2, 0.25) is 0 Å². The zero-order valence-corrected chi connectivity index (χ0v) is 11.0. The van der Waals surface area contributed by atoms with Crippen LogP contribution < -0.4 is 9.32 Å². The minimum absolute atomic E-state index is 0.934. The van der Waals surface area contributed by atoms with Crippen LogP contribution in [0.15, 0.2) is 18.2 Å². The first-order valence-corrected chi connectivity index (χ1v) is 6.57. The van der Waals surface area contributed by atoms with Gasteiger partial charge in [-0.25, -0.2) is 0 Å². The standard InChI is InChI=1S/C13H18ClN3/c1-15-6-8-16(9-7-15)12-3-2-11-4-5-17(14)13(11)10-12/h2-3,10H,4-9H2,1H3. The normalized spacial score (nSPS) is 20.8. The summed E-state index contributed by atoms with van der Waals surface area (Å²) in [6.07, 6.45) is 1.07. The number of benzene rings is 1. The highest BCUT2D eigenvalue weighted by Gasteiger charge is 2.20. The molecule has 2 aliphatic rings. The molecule has 4 heteroatoms. The van der Waals surface area contributed by atoms with Crippen molar-refractivity contribution in [3.05, 3.63) is 23.8 Å². The quantitative estimate of drug-likeness (QED) is 0.707. The SMILES string of the molecule is CN1CCN(c2ccc3c(c2)N(Cl)CC3)CC1. The first kappa shape index (κ1) is 11.2. The number of hydrogen-bond acceptors (Lipinski definition) is 3. The van der Waals surface area contributed by atoms with Gasteiger partial charge in [-0.05, 0) is 31.2 Å². The van der Waals surface area contributed by atoms with Crippen LogP contribution in [0.2, 0.25) is 0 Å². The van der Waals surface area contributed by atoms with Crippen molar-refractivity contribution >= 4 is 23.2 Å².